The molecule has 0 atom stereocenters. The van der Waals surface area contributed by atoms with Gasteiger partial charge in [-0.2, -0.15) is 0 Å². The summed E-state index contributed by atoms with van der Waals surface area (Å²) >= 11 is 5.82. The SMILES string of the molecule is Nc1nc(-c2c[nH]c3c(F)cc(Cl)cc23)ncc1F. The average Bonchev–Trinajstić information content (AvgIpc) is 2.76. The van der Waals surface area contributed by atoms with E-state index in [0.717, 1.165) is 6.20 Å². The Kier molecular flexibility index (Phi) is 2.60. The van der Waals surface area contributed by atoms with Crippen LogP contribution in [-0.2, 0) is 0 Å². The molecule has 1 aromatic carbocycles. The molecule has 0 bridgehead atoms. The number of H-pyrrole nitrogens is 1. The molecule has 96 valence electrons. The Balaban J connectivity index is 2.28. The minimum atomic E-state index is -0.701. The Morgan fingerprint density at radius 3 is 2.74 bits per heavy atom. The van der Waals surface area contributed by atoms with E-state index in [2.05, 4.69) is 15.0 Å². The van der Waals surface area contributed by atoms with Crippen LogP contribution in [0.5, 0.6) is 0 Å². The molecule has 0 aliphatic rings. The van der Waals surface area contributed by atoms with E-state index in [1.165, 1.54) is 12.3 Å². The van der Waals surface area contributed by atoms with Gasteiger partial charge >= 0.3 is 0 Å². The van der Waals surface area contributed by atoms with Crippen LogP contribution in [0, 0.1) is 11.6 Å². The summed E-state index contributed by atoms with van der Waals surface area (Å²) in [5, 5.41) is 0.761. The molecular formula is C12H7ClF2N4. The van der Waals surface area contributed by atoms with Crippen LogP contribution in [0.3, 0.4) is 0 Å². The molecule has 0 radical (unpaired) electrons. The zero-order valence-corrected chi connectivity index (χ0v) is 10.2. The minimum absolute atomic E-state index is 0.201. The first-order chi connectivity index (χ1) is 9.06. The Bertz CT molecular complexity index is 785. The summed E-state index contributed by atoms with van der Waals surface area (Å²) in [7, 11) is 0. The summed E-state index contributed by atoms with van der Waals surface area (Å²) in [5.74, 6) is -1.25. The number of nitrogens with one attached hydrogen (secondary N) is 1. The van der Waals surface area contributed by atoms with Crippen LogP contribution >= 0.6 is 11.6 Å². The first kappa shape index (κ1) is 11.9. The van der Waals surface area contributed by atoms with Crippen LogP contribution in [0.25, 0.3) is 22.3 Å². The number of benzene rings is 1. The first-order valence-electron chi connectivity index (χ1n) is 5.31. The molecule has 0 saturated carbocycles. The molecule has 4 nitrogen and oxygen atoms in total. The van der Waals surface area contributed by atoms with E-state index >= 15 is 0 Å². The lowest BCUT2D eigenvalue weighted by molar-refractivity contribution is 0.620. The molecule has 0 spiro atoms. The standard InChI is InChI=1S/C12H7ClF2N4/c13-5-1-6-7(3-17-10(6)8(14)2-5)12-18-4-9(15)11(16)19-12/h1-4,17H,(H2,16,18,19). The molecule has 0 amide bonds. The molecule has 0 fully saturated rings. The third-order valence-corrected chi connectivity index (χ3v) is 2.94. The number of nitrogens with zero attached hydrogens (tertiary/aromatic N) is 2. The number of fused-ring (bicyclic) bond motifs is 1. The van der Waals surface area contributed by atoms with Gasteiger partial charge in [0.2, 0.25) is 0 Å². The van der Waals surface area contributed by atoms with Crippen molar-refractivity contribution in [1.82, 2.24) is 15.0 Å². The predicted octanol–water partition coefficient (Wildman–Crippen LogP) is 3.14. The molecule has 0 saturated heterocycles. The minimum Gasteiger partial charge on any atom is -0.381 e. The Labute approximate surface area is 111 Å². The van der Waals surface area contributed by atoms with E-state index in [9.17, 15) is 8.78 Å². The number of aromatic nitrogens is 3. The molecule has 0 aliphatic carbocycles. The fourth-order valence-corrected chi connectivity index (χ4v) is 2.05. The van der Waals surface area contributed by atoms with Gasteiger partial charge in [0.1, 0.15) is 5.82 Å². The van der Waals surface area contributed by atoms with Crippen molar-refractivity contribution in [3.8, 4) is 11.4 Å². The number of aromatic amines is 1. The lowest BCUT2D eigenvalue weighted by atomic mass is 10.1. The largest absolute Gasteiger partial charge is 0.381 e. The van der Waals surface area contributed by atoms with Gasteiger partial charge in [0.15, 0.2) is 17.5 Å². The number of rotatable bonds is 1. The molecule has 0 aliphatic heterocycles. The van der Waals surface area contributed by atoms with Crippen LogP contribution in [-0.4, -0.2) is 15.0 Å². The lowest BCUT2D eigenvalue weighted by Gasteiger charge is -2.01. The Morgan fingerprint density at radius 1 is 1.21 bits per heavy atom. The number of anilines is 1. The molecule has 3 rings (SSSR count). The summed E-state index contributed by atoms with van der Waals surface area (Å²) in [6, 6.07) is 2.78. The highest BCUT2D eigenvalue weighted by Gasteiger charge is 2.14. The van der Waals surface area contributed by atoms with Gasteiger partial charge in [-0.05, 0) is 12.1 Å². The zero-order chi connectivity index (χ0) is 13.6. The summed E-state index contributed by atoms with van der Waals surface area (Å²) in [6.45, 7) is 0. The van der Waals surface area contributed by atoms with Crippen LogP contribution in [0.15, 0.2) is 24.5 Å². The van der Waals surface area contributed by atoms with Gasteiger partial charge in [-0.25, -0.2) is 18.7 Å². The van der Waals surface area contributed by atoms with Crippen molar-refractivity contribution in [2.45, 2.75) is 0 Å². The fraction of sp³-hybridized carbons (Fsp3) is 0. The van der Waals surface area contributed by atoms with Crippen molar-refractivity contribution in [3.63, 3.8) is 0 Å². The number of hydrogen-bond donors (Lipinski definition) is 2. The second kappa shape index (κ2) is 4.17. The number of nitrogen functional groups attached to an aromatic ring is 1. The fourth-order valence-electron chi connectivity index (χ4n) is 1.85. The van der Waals surface area contributed by atoms with Crippen molar-refractivity contribution in [2.24, 2.45) is 0 Å². The normalized spacial score (nSPS) is 11.1. The molecule has 3 aromatic rings. The number of hydrogen-bond acceptors (Lipinski definition) is 3. The first-order valence-corrected chi connectivity index (χ1v) is 5.68. The molecule has 19 heavy (non-hydrogen) atoms. The van der Waals surface area contributed by atoms with E-state index in [-0.39, 0.29) is 22.2 Å². The molecular weight excluding hydrogens is 274 g/mol. The second-order valence-corrected chi connectivity index (χ2v) is 4.38. The summed E-state index contributed by atoms with van der Waals surface area (Å²) in [6.07, 6.45) is 2.49. The third-order valence-electron chi connectivity index (χ3n) is 2.72. The van der Waals surface area contributed by atoms with Crippen LogP contribution < -0.4 is 5.73 Å². The highest BCUT2D eigenvalue weighted by atomic mass is 35.5. The quantitative estimate of drug-likeness (QED) is 0.719. The average molecular weight is 281 g/mol. The highest BCUT2D eigenvalue weighted by molar-refractivity contribution is 6.31. The van der Waals surface area contributed by atoms with E-state index in [0.29, 0.717) is 10.9 Å². The van der Waals surface area contributed by atoms with Gasteiger partial charge in [-0.3, -0.25) is 0 Å². The summed E-state index contributed by atoms with van der Waals surface area (Å²) in [4.78, 5) is 10.4. The molecule has 0 unspecified atom stereocenters. The van der Waals surface area contributed by atoms with Crippen LogP contribution in [0.2, 0.25) is 5.02 Å². The maximum absolute atomic E-state index is 13.7. The lowest BCUT2D eigenvalue weighted by Crippen LogP contribution is -1.98. The Morgan fingerprint density at radius 2 is 2.00 bits per heavy atom. The van der Waals surface area contributed by atoms with Crippen molar-refractivity contribution in [1.29, 1.82) is 0 Å². The molecule has 2 heterocycles. The van der Waals surface area contributed by atoms with Gasteiger partial charge in [0.05, 0.1) is 11.7 Å². The number of halogens is 3. The van der Waals surface area contributed by atoms with Gasteiger partial charge in [0.25, 0.3) is 0 Å². The van der Waals surface area contributed by atoms with E-state index in [1.54, 1.807) is 6.07 Å². The van der Waals surface area contributed by atoms with Gasteiger partial charge in [0, 0.05) is 22.2 Å². The predicted molar refractivity (Wildman–Crippen MR) is 68.7 cm³/mol. The molecule has 3 N–H and O–H groups in total. The van der Waals surface area contributed by atoms with Gasteiger partial charge < -0.3 is 10.7 Å². The summed E-state index contributed by atoms with van der Waals surface area (Å²) < 4.78 is 26.7. The Hall–Kier alpha value is -2.21. The van der Waals surface area contributed by atoms with Crippen molar-refractivity contribution in [2.75, 3.05) is 5.73 Å². The van der Waals surface area contributed by atoms with Crippen LogP contribution in [0.1, 0.15) is 0 Å². The van der Waals surface area contributed by atoms with Crippen molar-refractivity contribution < 1.29 is 8.78 Å². The maximum Gasteiger partial charge on any atom is 0.183 e. The second-order valence-electron chi connectivity index (χ2n) is 3.94. The van der Waals surface area contributed by atoms with Gasteiger partial charge in [-0.15, -0.1) is 0 Å². The highest BCUT2D eigenvalue weighted by Crippen LogP contribution is 2.30. The topological polar surface area (TPSA) is 67.6 Å². The van der Waals surface area contributed by atoms with Crippen molar-refractivity contribution in [3.05, 3.63) is 41.2 Å². The van der Waals surface area contributed by atoms with Crippen molar-refractivity contribution >= 4 is 28.3 Å². The van der Waals surface area contributed by atoms with E-state index in [1.807, 2.05) is 0 Å². The van der Waals surface area contributed by atoms with Crippen LogP contribution in [0.4, 0.5) is 14.6 Å². The maximum atomic E-state index is 13.7. The monoisotopic (exact) mass is 280 g/mol. The molecule has 2 aromatic heterocycles. The summed E-state index contributed by atoms with van der Waals surface area (Å²) in [5.41, 5.74) is 6.18. The zero-order valence-electron chi connectivity index (χ0n) is 9.42. The number of nitrogens with two attached hydrogens (primary N) is 1. The van der Waals surface area contributed by atoms with E-state index in [4.69, 9.17) is 17.3 Å². The van der Waals surface area contributed by atoms with E-state index < -0.39 is 11.6 Å². The molecule has 7 heteroatoms. The third kappa shape index (κ3) is 1.90. The smallest absolute Gasteiger partial charge is 0.183 e. The van der Waals surface area contributed by atoms with Gasteiger partial charge in [-0.1, -0.05) is 11.6 Å².